The van der Waals surface area contributed by atoms with Gasteiger partial charge in [0.05, 0.1) is 28.3 Å². The first-order valence-electron chi connectivity index (χ1n) is 8.63. The van der Waals surface area contributed by atoms with Crippen molar-refractivity contribution in [2.45, 2.75) is 11.3 Å². The molecule has 1 amide bonds. The van der Waals surface area contributed by atoms with Gasteiger partial charge in [-0.2, -0.15) is 4.99 Å². The number of carbonyl (C=O) groups excluding carboxylic acids is 1. The maximum atomic E-state index is 12.4. The first-order chi connectivity index (χ1) is 13.4. The molecule has 2 aliphatic rings. The van der Waals surface area contributed by atoms with Crippen LogP contribution in [0.2, 0.25) is 5.02 Å². The first kappa shape index (κ1) is 19.3. The Morgan fingerprint density at radius 2 is 1.86 bits per heavy atom. The zero-order chi connectivity index (χ0) is 19.7. The van der Waals surface area contributed by atoms with Gasteiger partial charge in [-0.15, -0.1) is 0 Å². The predicted molar refractivity (Wildman–Crippen MR) is 112 cm³/mol. The van der Waals surface area contributed by atoms with Crippen molar-refractivity contribution in [1.29, 1.82) is 0 Å². The number of para-hydroxylation sites is 2. The lowest BCUT2D eigenvalue weighted by Crippen LogP contribution is -2.38. The van der Waals surface area contributed by atoms with E-state index in [1.54, 1.807) is 35.2 Å². The lowest BCUT2D eigenvalue weighted by atomic mass is 10.2. The van der Waals surface area contributed by atoms with Crippen LogP contribution < -0.4 is 9.64 Å². The van der Waals surface area contributed by atoms with Crippen LogP contribution in [0.25, 0.3) is 0 Å². The second kappa shape index (κ2) is 7.77. The third-order valence-electron chi connectivity index (χ3n) is 4.50. The molecule has 0 aromatic heterocycles. The Labute approximate surface area is 172 Å². The van der Waals surface area contributed by atoms with Gasteiger partial charge in [0.25, 0.3) is 5.91 Å². The van der Waals surface area contributed by atoms with Crippen molar-refractivity contribution < 1.29 is 17.9 Å². The number of ether oxygens (including phenoxy) is 1. The zero-order valence-corrected chi connectivity index (χ0v) is 17.1. The Bertz CT molecular complexity index is 1030. The summed E-state index contributed by atoms with van der Waals surface area (Å²) in [5, 5.41) is 0.760. The van der Waals surface area contributed by atoms with Crippen molar-refractivity contribution in [1.82, 2.24) is 0 Å². The van der Waals surface area contributed by atoms with Gasteiger partial charge in [-0.3, -0.25) is 4.79 Å². The number of fused-ring (bicyclic) bond motifs is 1. The van der Waals surface area contributed by atoms with Crippen molar-refractivity contribution in [2.24, 2.45) is 4.99 Å². The number of benzene rings is 2. The number of rotatable bonds is 4. The maximum absolute atomic E-state index is 12.4. The highest BCUT2D eigenvalue weighted by Gasteiger charge is 2.49. The van der Waals surface area contributed by atoms with E-state index in [1.165, 1.54) is 11.8 Å². The number of anilines is 1. The molecule has 9 heteroatoms. The number of amides is 1. The first-order valence-corrected chi connectivity index (χ1v) is 11.7. The molecule has 0 radical (unpaired) electrons. The number of thioether (sulfide) groups is 1. The fourth-order valence-electron chi connectivity index (χ4n) is 3.29. The van der Waals surface area contributed by atoms with E-state index < -0.39 is 15.7 Å². The largest absolute Gasteiger partial charge is 0.484 e. The van der Waals surface area contributed by atoms with Crippen LogP contribution >= 0.6 is 23.4 Å². The molecule has 0 N–H and O–H groups in total. The molecule has 6 nitrogen and oxygen atoms in total. The lowest BCUT2D eigenvalue weighted by molar-refractivity contribution is -0.119. The van der Waals surface area contributed by atoms with E-state index >= 15 is 0 Å². The summed E-state index contributed by atoms with van der Waals surface area (Å²) >= 11 is 7.65. The number of hydrogen-bond acceptors (Lipinski definition) is 5. The molecule has 2 aliphatic heterocycles. The second-order valence-corrected chi connectivity index (χ2v) is 10.3. The van der Waals surface area contributed by atoms with E-state index in [-0.39, 0.29) is 29.4 Å². The average molecular weight is 437 g/mol. The summed E-state index contributed by atoms with van der Waals surface area (Å²) in [5.41, 5.74) is 0.650. The SMILES string of the molecule is O=C(COc1ccccc1)N=C1S[C@H]2CS(=O)(=O)C[C@@H]2N1c1ccccc1Cl. The molecule has 0 aliphatic carbocycles. The minimum absolute atomic E-state index is 0.0175. The van der Waals surface area contributed by atoms with Crippen LogP contribution in [0.3, 0.4) is 0 Å². The molecule has 28 heavy (non-hydrogen) atoms. The fourth-order valence-corrected chi connectivity index (χ4v) is 7.44. The number of halogens is 1. The third-order valence-corrected chi connectivity index (χ3v) is 8.03. The fraction of sp³-hybridized carbons (Fsp3) is 0.263. The normalized spacial score (nSPS) is 24.3. The van der Waals surface area contributed by atoms with Crippen LogP contribution in [0.5, 0.6) is 5.75 Å². The third kappa shape index (κ3) is 4.04. The van der Waals surface area contributed by atoms with Crippen LogP contribution in [0, 0.1) is 0 Å². The van der Waals surface area contributed by atoms with Gasteiger partial charge in [-0.1, -0.05) is 53.7 Å². The lowest BCUT2D eigenvalue weighted by Gasteiger charge is -2.25. The molecule has 146 valence electrons. The number of carbonyl (C=O) groups is 1. The van der Waals surface area contributed by atoms with Gasteiger partial charge >= 0.3 is 0 Å². The smallest absolute Gasteiger partial charge is 0.285 e. The molecule has 0 saturated carbocycles. The van der Waals surface area contributed by atoms with Crippen LogP contribution in [-0.2, 0) is 14.6 Å². The minimum atomic E-state index is -3.13. The van der Waals surface area contributed by atoms with Crippen LogP contribution in [0.15, 0.2) is 59.6 Å². The van der Waals surface area contributed by atoms with Gasteiger partial charge < -0.3 is 9.64 Å². The topological polar surface area (TPSA) is 76.0 Å². The zero-order valence-electron chi connectivity index (χ0n) is 14.7. The van der Waals surface area contributed by atoms with Gasteiger partial charge in [0.2, 0.25) is 0 Å². The highest BCUT2D eigenvalue weighted by molar-refractivity contribution is 8.16. The summed E-state index contributed by atoms with van der Waals surface area (Å²) in [6.07, 6.45) is 0. The summed E-state index contributed by atoms with van der Waals surface area (Å²) in [7, 11) is -3.13. The molecule has 0 spiro atoms. The van der Waals surface area contributed by atoms with Crippen LogP contribution in [0.4, 0.5) is 5.69 Å². The van der Waals surface area contributed by atoms with Crippen molar-refractivity contribution in [3.05, 3.63) is 59.6 Å². The second-order valence-electron chi connectivity index (χ2n) is 6.51. The van der Waals surface area contributed by atoms with Gasteiger partial charge in [0.1, 0.15) is 5.75 Å². The molecule has 2 aromatic rings. The van der Waals surface area contributed by atoms with Gasteiger partial charge in [0, 0.05) is 5.25 Å². The summed E-state index contributed by atoms with van der Waals surface area (Å²) in [5.74, 6) is 0.230. The van der Waals surface area contributed by atoms with Crippen molar-refractivity contribution in [3.8, 4) is 5.75 Å². The molecular weight excluding hydrogens is 420 g/mol. The van der Waals surface area contributed by atoms with Crippen molar-refractivity contribution >= 4 is 50.0 Å². The summed E-state index contributed by atoms with van der Waals surface area (Å²) < 4.78 is 29.7. The quantitative estimate of drug-likeness (QED) is 0.733. The van der Waals surface area contributed by atoms with E-state index in [4.69, 9.17) is 16.3 Å². The molecule has 0 unspecified atom stereocenters. The van der Waals surface area contributed by atoms with Gasteiger partial charge in [-0.25, -0.2) is 8.42 Å². The van der Waals surface area contributed by atoms with Gasteiger partial charge in [0.15, 0.2) is 21.6 Å². The number of sulfone groups is 1. The van der Waals surface area contributed by atoms with E-state index in [0.717, 1.165) is 0 Å². The Morgan fingerprint density at radius 1 is 1.14 bits per heavy atom. The number of hydrogen-bond donors (Lipinski definition) is 0. The molecule has 2 aromatic carbocycles. The number of amidine groups is 1. The van der Waals surface area contributed by atoms with Crippen LogP contribution in [0.1, 0.15) is 0 Å². The Kier molecular flexibility index (Phi) is 5.35. The summed E-state index contributed by atoms with van der Waals surface area (Å²) in [6, 6.07) is 15.9. The highest BCUT2D eigenvalue weighted by Crippen LogP contribution is 2.42. The maximum Gasteiger partial charge on any atom is 0.285 e. The van der Waals surface area contributed by atoms with Gasteiger partial charge in [-0.05, 0) is 24.3 Å². The summed E-state index contributed by atoms with van der Waals surface area (Å²) in [4.78, 5) is 18.4. The Balaban J connectivity index is 1.59. The molecular formula is C19H17ClN2O4S2. The molecule has 2 atom stereocenters. The molecule has 4 rings (SSSR count). The standard InChI is InChI=1S/C19H17ClN2O4S2/c20-14-8-4-5-9-15(14)22-16-11-28(24,25)12-17(16)27-19(22)21-18(23)10-26-13-6-2-1-3-7-13/h1-9,16-17H,10-12H2/t16-,17-/m0/s1. The number of aliphatic imine (C=N–C) groups is 1. The van der Waals surface area contributed by atoms with Crippen molar-refractivity contribution in [2.75, 3.05) is 23.0 Å². The molecule has 2 saturated heterocycles. The Morgan fingerprint density at radius 3 is 2.61 bits per heavy atom. The molecule has 2 fully saturated rings. The highest BCUT2D eigenvalue weighted by atomic mass is 35.5. The minimum Gasteiger partial charge on any atom is -0.484 e. The monoisotopic (exact) mass is 436 g/mol. The van der Waals surface area contributed by atoms with Crippen LogP contribution in [-0.4, -0.2) is 48.9 Å². The van der Waals surface area contributed by atoms with E-state index in [0.29, 0.717) is 21.6 Å². The molecule has 2 heterocycles. The van der Waals surface area contributed by atoms with E-state index in [1.807, 2.05) is 24.3 Å². The summed E-state index contributed by atoms with van der Waals surface area (Å²) in [6.45, 7) is -0.196. The van der Waals surface area contributed by atoms with Crippen molar-refractivity contribution in [3.63, 3.8) is 0 Å². The number of nitrogens with zero attached hydrogens (tertiary/aromatic N) is 2. The van der Waals surface area contributed by atoms with E-state index in [2.05, 4.69) is 4.99 Å². The Hall–Kier alpha value is -2.03. The molecule has 0 bridgehead atoms. The predicted octanol–water partition coefficient (Wildman–Crippen LogP) is 3.02. The average Bonchev–Trinajstić information content (AvgIpc) is 3.12. The van der Waals surface area contributed by atoms with E-state index in [9.17, 15) is 13.2 Å².